The topological polar surface area (TPSA) is 50.7 Å². The highest BCUT2D eigenvalue weighted by molar-refractivity contribution is 6.13. The Morgan fingerprint density at radius 1 is 1.08 bits per heavy atom. The molecule has 4 heteroatoms. The molecule has 1 aliphatic heterocycles. The third-order valence-corrected chi connectivity index (χ3v) is 4.28. The number of ether oxygens (including phenoxy) is 1. The van der Waals surface area contributed by atoms with Crippen LogP contribution in [0.5, 0.6) is 0 Å². The Labute approximate surface area is 154 Å². The van der Waals surface area contributed by atoms with Gasteiger partial charge in [0.2, 0.25) is 0 Å². The fourth-order valence-electron chi connectivity index (χ4n) is 3.01. The van der Waals surface area contributed by atoms with E-state index in [1.807, 2.05) is 67.6 Å². The van der Waals surface area contributed by atoms with Crippen LogP contribution in [0.15, 0.2) is 77.3 Å². The second-order valence-electron chi connectivity index (χ2n) is 6.18. The largest absolute Gasteiger partial charge is 0.464 e. The summed E-state index contributed by atoms with van der Waals surface area (Å²) >= 11 is 0. The lowest BCUT2D eigenvalue weighted by Gasteiger charge is -2.15. The van der Waals surface area contributed by atoms with E-state index in [1.165, 1.54) is 5.57 Å². The molecule has 0 aliphatic carbocycles. The Hall–Kier alpha value is -2.72. The number of rotatable bonds is 7. The van der Waals surface area contributed by atoms with Crippen LogP contribution >= 0.6 is 0 Å². The first-order chi connectivity index (χ1) is 12.8. The number of carbonyl (C=O) groups excluding carboxylic acids is 1. The Bertz CT molecular complexity index is 741. The lowest BCUT2D eigenvalue weighted by molar-refractivity contribution is -0.144. The van der Waals surface area contributed by atoms with Crippen LogP contribution in [0.3, 0.4) is 0 Å². The summed E-state index contributed by atoms with van der Waals surface area (Å²) in [6, 6.07) is 19.4. The van der Waals surface area contributed by atoms with Crippen molar-refractivity contribution in [3.05, 3.63) is 83.4 Å². The van der Waals surface area contributed by atoms with Crippen molar-refractivity contribution >= 4 is 11.7 Å². The van der Waals surface area contributed by atoms with Crippen molar-refractivity contribution in [2.24, 2.45) is 4.99 Å². The zero-order chi connectivity index (χ0) is 18.2. The maximum absolute atomic E-state index is 12.6. The molecule has 2 aromatic carbocycles. The van der Waals surface area contributed by atoms with Gasteiger partial charge in [0.05, 0.1) is 12.3 Å². The van der Waals surface area contributed by atoms with E-state index >= 15 is 0 Å². The molecule has 0 bridgehead atoms. The van der Waals surface area contributed by atoms with Gasteiger partial charge in [0.1, 0.15) is 0 Å². The van der Waals surface area contributed by atoms with Crippen LogP contribution < -0.4 is 5.32 Å². The lowest BCUT2D eigenvalue weighted by atomic mass is 10.0. The standard InChI is InChI=1S/C22H24N2O2/c1-2-26-22(25)20(15-17-13-14-23-16-17)24-21(18-9-5-3-6-10-18)19-11-7-4-8-12-19/h3-13,20,23H,2,14-16H2,1H3. The second kappa shape index (κ2) is 9.11. The second-order valence-corrected chi connectivity index (χ2v) is 6.18. The summed E-state index contributed by atoms with van der Waals surface area (Å²) in [5.41, 5.74) is 4.00. The number of benzene rings is 2. The molecule has 0 aromatic heterocycles. The summed E-state index contributed by atoms with van der Waals surface area (Å²) in [6.45, 7) is 3.83. The third kappa shape index (κ3) is 4.67. The molecule has 3 rings (SSSR count). The van der Waals surface area contributed by atoms with Crippen LogP contribution in [0.4, 0.5) is 0 Å². The Morgan fingerprint density at radius 2 is 1.69 bits per heavy atom. The van der Waals surface area contributed by atoms with Gasteiger partial charge in [-0.1, -0.05) is 72.3 Å². The first kappa shape index (κ1) is 18.1. The van der Waals surface area contributed by atoms with Gasteiger partial charge in [-0.05, 0) is 6.92 Å². The van der Waals surface area contributed by atoms with Crippen LogP contribution in [0, 0.1) is 0 Å². The third-order valence-electron chi connectivity index (χ3n) is 4.28. The van der Waals surface area contributed by atoms with E-state index in [2.05, 4.69) is 11.4 Å². The molecule has 1 N–H and O–H groups in total. The highest BCUT2D eigenvalue weighted by atomic mass is 16.5. The number of nitrogens with one attached hydrogen (secondary N) is 1. The van der Waals surface area contributed by atoms with E-state index in [1.54, 1.807) is 0 Å². The average Bonchev–Trinajstić information content (AvgIpc) is 3.20. The molecule has 0 radical (unpaired) electrons. The fourth-order valence-corrected chi connectivity index (χ4v) is 3.01. The molecule has 4 nitrogen and oxygen atoms in total. The summed E-state index contributed by atoms with van der Waals surface area (Å²) in [6.07, 6.45) is 2.71. The van der Waals surface area contributed by atoms with Gasteiger partial charge in [-0.15, -0.1) is 0 Å². The Balaban J connectivity index is 1.99. The number of esters is 1. The molecular formula is C22H24N2O2. The van der Waals surface area contributed by atoms with Crippen LogP contribution in [0.1, 0.15) is 24.5 Å². The van der Waals surface area contributed by atoms with Crippen molar-refractivity contribution in [3.63, 3.8) is 0 Å². The maximum atomic E-state index is 12.6. The van der Waals surface area contributed by atoms with Crippen LogP contribution in [0.2, 0.25) is 0 Å². The predicted octanol–water partition coefficient (Wildman–Crippen LogP) is 3.38. The monoisotopic (exact) mass is 348 g/mol. The average molecular weight is 348 g/mol. The molecular weight excluding hydrogens is 324 g/mol. The number of carbonyl (C=O) groups is 1. The molecule has 1 heterocycles. The smallest absolute Gasteiger partial charge is 0.331 e. The van der Waals surface area contributed by atoms with Crippen LogP contribution in [-0.4, -0.2) is 37.4 Å². The normalized spacial score (nSPS) is 14.4. The molecule has 26 heavy (non-hydrogen) atoms. The molecule has 134 valence electrons. The highest BCUT2D eigenvalue weighted by Crippen LogP contribution is 2.17. The van der Waals surface area contributed by atoms with Crippen molar-refractivity contribution in [1.29, 1.82) is 0 Å². The maximum Gasteiger partial charge on any atom is 0.331 e. The number of hydrogen-bond acceptors (Lipinski definition) is 4. The quantitative estimate of drug-likeness (QED) is 0.474. The summed E-state index contributed by atoms with van der Waals surface area (Å²) < 4.78 is 5.29. The fraction of sp³-hybridized carbons (Fsp3) is 0.273. The molecule has 0 spiro atoms. The minimum Gasteiger partial charge on any atom is -0.464 e. The van der Waals surface area contributed by atoms with E-state index in [4.69, 9.17) is 9.73 Å². The summed E-state index contributed by atoms with van der Waals surface area (Å²) in [5, 5.41) is 3.27. The van der Waals surface area contributed by atoms with Gasteiger partial charge < -0.3 is 10.1 Å². The zero-order valence-corrected chi connectivity index (χ0v) is 15.0. The molecule has 1 aliphatic rings. The van der Waals surface area contributed by atoms with Crippen molar-refractivity contribution in [3.8, 4) is 0 Å². The summed E-state index contributed by atoms with van der Waals surface area (Å²) in [5.74, 6) is -0.273. The molecule has 0 amide bonds. The van der Waals surface area contributed by atoms with E-state index in [0.717, 1.165) is 29.9 Å². The number of nitrogens with zero attached hydrogens (tertiary/aromatic N) is 1. The number of aliphatic imine (C=N–C) groups is 1. The van der Waals surface area contributed by atoms with Gasteiger partial charge in [0.15, 0.2) is 6.04 Å². The first-order valence-electron chi connectivity index (χ1n) is 9.02. The number of hydrogen-bond donors (Lipinski definition) is 1. The zero-order valence-electron chi connectivity index (χ0n) is 15.0. The molecule has 0 saturated carbocycles. The van der Waals surface area contributed by atoms with Crippen molar-refractivity contribution in [1.82, 2.24) is 5.32 Å². The Morgan fingerprint density at radius 3 is 2.19 bits per heavy atom. The van der Waals surface area contributed by atoms with Gasteiger partial charge in [-0.3, -0.25) is 4.99 Å². The minimum absolute atomic E-state index is 0.273. The van der Waals surface area contributed by atoms with Gasteiger partial charge in [-0.25, -0.2) is 4.79 Å². The molecule has 2 aromatic rings. The summed E-state index contributed by atoms with van der Waals surface area (Å²) in [4.78, 5) is 17.4. The highest BCUT2D eigenvalue weighted by Gasteiger charge is 2.23. The van der Waals surface area contributed by atoms with Gasteiger partial charge in [0, 0.05) is 30.6 Å². The van der Waals surface area contributed by atoms with E-state index in [-0.39, 0.29) is 5.97 Å². The predicted molar refractivity (Wildman–Crippen MR) is 105 cm³/mol. The van der Waals surface area contributed by atoms with Crippen LogP contribution in [0.25, 0.3) is 0 Å². The van der Waals surface area contributed by atoms with E-state index in [9.17, 15) is 4.79 Å². The molecule has 1 unspecified atom stereocenters. The van der Waals surface area contributed by atoms with Gasteiger partial charge >= 0.3 is 5.97 Å². The molecule has 0 saturated heterocycles. The molecule has 1 atom stereocenters. The lowest BCUT2D eigenvalue weighted by Crippen LogP contribution is -2.25. The van der Waals surface area contributed by atoms with Gasteiger partial charge in [-0.2, -0.15) is 0 Å². The molecule has 0 fully saturated rings. The van der Waals surface area contributed by atoms with Crippen molar-refractivity contribution in [2.75, 3.05) is 19.7 Å². The van der Waals surface area contributed by atoms with E-state index in [0.29, 0.717) is 13.0 Å². The van der Waals surface area contributed by atoms with E-state index < -0.39 is 6.04 Å². The SMILES string of the molecule is CCOC(=O)C(CC1=CCNC1)N=C(c1ccccc1)c1ccccc1. The summed E-state index contributed by atoms with van der Waals surface area (Å²) in [7, 11) is 0. The van der Waals surface area contributed by atoms with Gasteiger partial charge in [0.25, 0.3) is 0 Å². The van der Waals surface area contributed by atoms with Crippen molar-refractivity contribution in [2.45, 2.75) is 19.4 Å². The van der Waals surface area contributed by atoms with Crippen molar-refractivity contribution < 1.29 is 9.53 Å². The minimum atomic E-state index is -0.545. The van der Waals surface area contributed by atoms with Crippen LogP contribution in [-0.2, 0) is 9.53 Å². The first-order valence-corrected chi connectivity index (χ1v) is 9.02. The Kier molecular flexibility index (Phi) is 6.34.